The van der Waals surface area contributed by atoms with Gasteiger partial charge in [0.2, 0.25) is 5.13 Å². The number of amides is 1. The molecule has 23 heavy (non-hydrogen) atoms. The maximum absolute atomic E-state index is 12.3. The number of sulfone groups is 1. The second-order valence-corrected chi connectivity index (χ2v) is 8.12. The van der Waals surface area contributed by atoms with Crippen LogP contribution in [0.25, 0.3) is 0 Å². The van der Waals surface area contributed by atoms with Crippen LogP contribution < -0.4 is 5.32 Å². The Labute approximate surface area is 137 Å². The molecule has 2 aromatic rings. The van der Waals surface area contributed by atoms with Crippen LogP contribution in [0.1, 0.15) is 17.8 Å². The van der Waals surface area contributed by atoms with Gasteiger partial charge in [-0.3, -0.25) is 10.1 Å². The molecule has 122 valence electrons. The van der Waals surface area contributed by atoms with E-state index in [0.717, 1.165) is 17.8 Å². The molecule has 1 aliphatic rings. The number of benzene rings is 1. The Morgan fingerprint density at radius 3 is 2.78 bits per heavy atom. The van der Waals surface area contributed by atoms with E-state index in [9.17, 15) is 13.2 Å². The van der Waals surface area contributed by atoms with Gasteiger partial charge in [-0.2, -0.15) is 0 Å². The normalized spacial score (nSPS) is 18.0. The smallest absolute Gasteiger partial charge is 0.255 e. The number of ether oxygens (including phenoxy) is 1. The molecule has 0 radical (unpaired) electrons. The second kappa shape index (κ2) is 6.73. The molecule has 1 atom stereocenters. The van der Waals surface area contributed by atoms with Crippen molar-refractivity contribution in [3.63, 3.8) is 0 Å². The summed E-state index contributed by atoms with van der Waals surface area (Å²) in [6.07, 6.45) is 1.07. The highest BCUT2D eigenvalue weighted by atomic mass is 32.2. The highest BCUT2D eigenvalue weighted by Crippen LogP contribution is 2.22. The van der Waals surface area contributed by atoms with Crippen LogP contribution >= 0.6 is 11.3 Å². The van der Waals surface area contributed by atoms with Gasteiger partial charge in [0.05, 0.1) is 4.90 Å². The summed E-state index contributed by atoms with van der Waals surface area (Å²) >= 11 is 1.05. The van der Waals surface area contributed by atoms with Crippen LogP contribution in [0.2, 0.25) is 0 Å². The zero-order valence-electron chi connectivity index (χ0n) is 12.1. The topological polar surface area (TPSA) is 98.3 Å². The molecule has 1 amide bonds. The average Bonchev–Trinajstić information content (AvgIpc) is 3.20. The molecule has 0 bridgehead atoms. The number of hydrogen-bond acceptors (Lipinski definition) is 7. The largest absolute Gasteiger partial charge is 0.368 e. The lowest BCUT2D eigenvalue weighted by Crippen LogP contribution is -2.26. The quantitative estimate of drug-likeness (QED) is 0.877. The Balaban J connectivity index is 1.66. The molecule has 0 spiro atoms. The molecule has 1 saturated heterocycles. The Hall–Kier alpha value is -1.84. The highest BCUT2D eigenvalue weighted by Gasteiger charge is 2.25. The molecule has 1 aliphatic heterocycles. The first-order valence-electron chi connectivity index (χ1n) is 7.07. The lowest BCUT2D eigenvalue weighted by atomic mass is 10.2. The van der Waals surface area contributed by atoms with Crippen molar-refractivity contribution < 1.29 is 17.9 Å². The summed E-state index contributed by atoms with van der Waals surface area (Å²) in [6.45, 7) is 0.578. The van der Waals surface area contributed by atoms with Crippen molar-refractivity contribution in [1.82, 2.24) is 10.2 Å². The summed E-state index contributed by atoms with van der Waals surface area (Å²) in [5, 5.41) is 10.9. The predicted octanol–water partition coefficient (Wildman–Crippen LogP) is 1.63. The lowest BCUT2D eigenvalue weighted by Gasteiger charge is -2.07. The minimum Gasteiger partial charge on any atom is -0.368 e. The van der Waals surface area contributed by atoms with Gasteiger partial charge in [0, 0.05) is 6.61 Å². The van der Waals surface area contributed by atoms with Crippen LogP contribution in [0.15, 0.2) is 35.2 Å². The second-order valence-electron chi connectivity index (χ2n) is 5.06. The van der Waals surface area contributed by atoms with Gasteiger partial charge < -0.3 is 4.74 Å². The Morgan fingerprint density at radius 1 is 1.30 bits per heavy atom. The summed E-state index contributed by atoms with van der Waals surface area (Å²) in [5.74, 6) is -0.513. The summed E-state index contributed by atoms with van der Waals surface area (Å²) < 4.78 is 29.8. The Bertz CT molecular complexity index is 783. The first kappa shape index (κ1) is 16.0. The van der Waals surface area contributed by atoms with E-state index in [0.29, 0.717) is 18.0 Å². The lowest BCUT2D eigenvalue weighted by molar-refractivity contribution is -0.124. The van der Waals surface area contributed by atoms with Gasteiger partial charge in [-0.1, -0.05) is 29.5 Å². The molecule has 1 fully saturated rings. The first-order chi connectivity index (χ1) is 11.0. The summed E-state index contributed by atoms with van der Waals surface area (Å²) in [6, 6.07) is 8.16. The number of aromatic nitrogens is 2. The van der Waals surface area contributed by atoms with Crippen molar-refractivity contribution in [2.75, 3.05) is 11.9 Å². The zero-order valence-corrected chi connectivity index (χ0v) is 13.8. The van der Waals surface area contributed by atoms with E-state index in [2.05, 4.69) is 15.5 Å². The Kier molecular flexibility index (Phi) is 4.69. The molecule has 0 saturated carbocycles. The van der Waals surface area contributed by atoms with E-state index in [4.69, 9.17) is 4.74 Å². The van der Waals surface area contributed by atoms with Crippen LogP contribution in [0.4, 0.5) is 5.13 Å². The minimum absolute atomic E-state index is 0.236. The molecule has 0 aliphatic carbocycles. The highest BCUT2D eigenvalue weighted by molar-refractivity contribution is 7.90. The van der Waals surface area contributed by atoms with Crippen LogP contribution in [-0.2, 0) is 25.1 Å². The van der Waals surface area contributed by atoms with Gasteiger partial charge in [-0.25, -0.2) is 8.42 Å². The fourth-order valence-electron chi connectivity index (χ4n) is 2.21. The molecular formula is C14H15N3O4S2. The van der Waals surface area contributed by atoms with Crippen molar-refractivity contribution in [2.24, 2.45) is 0 Å². The van der Waals surface area contributed by atoms with E-state index in [-0.39, 0.29) is 21.7 Å². The molecule has 0 unspecified atom stereocenters. The number of nitrogens with zero attached hydrogens (tertiary/aromatic N) is 2. The molecular weight excluding hydrogens is 338 g/mol. The van der Waals surface area contributed by atoms with Gasteiger partial charge in [-0.05, 0) is 25.0 Å². The standard InChI is InChI=1S/C14H15N3O4S2/c18-13(11-7-4-8-21-11)15-14-17-16-12(22-14)9-23(19,20)10-5-2-1-3-6-10/h1-3,5-6,11H,4,7-9H2,(H,15,17,18)/t11-/m0/s1. The van der Waals surface area contributed by atoms with Gasteiger partial charge in [0.1, 0.15) is 16.9 Å². The number of carbonyl (C=O) groups is 1. The van der Waals surface area contributed by atoms with Gasteiger partial charge in [0.25, 0.3) is 5.91 Å². The molecule has 1 aromatic heterocycles. The van der Waals surface area contributed by atoms with Crippen molar-refractivity contribution in [3.8, 4) is 0 Å². The monoisotopic (exact) mass is 353 g/mol. The molecule has 3 rings (SSSR count). The van der Waals surface area contributed by atoms with Crippen molar-refractivity contribution in [3.05, 3.63) is 35.3 Å². The summed E-state index contributed by atoms with van der Waals surface area (Å²) in [7, 11) is -3.47. The van der Waals surface area contributed by atoms with Crippen LogP contribution in [0, 0.1) is 0 Å². The number of nitrogens with one attached hydrogen (secondary N) is 1. The van der Waals surface area contributed by atoms with Gasteiger partial charge >= 0.3 is 0 Å². The third-order valence-corrected chi connectivity index (χ3v) is 6.00. The molecule has 7 nitrogen and oxygen atoms in total. The van der Waals surface area contributed by atoms with Crippen molar-refractivity contribution >= 4 is 32.2 Å². The molecule has 1 aromatic carbocycles. The predicted molar refractivity (Wildman–Crippen MR) is 84.8 cm³/mol. The first-order valence-corrected chi connectivity index (χ1v) is 9.54. The third-order valence-electron chi connectivity index (χ3n) is 3.33. The van der Waals surface area contributed by atoms with Crippen LogP contribution in [0.3, 0.4) is 0 Å². The number of anilines is 1. The number of rotatable bonds is 5. The fraction of sp³-hybridized carbons (Fsp3) is 0.357. The van der Waals surface area contributed by atoms with Crippen molar-refractivity contribution in [2.45, 2.75) is 29.6 Å². The summed E-state index contributed by atoms with van der Waals surface area (Å²) in [4.78, 5) is 12.2. The van der Waals surface area contributed by atoms with Gasteiger partial charge in [0.15, 0.2) is 9.84 Å². The number of carbonyl (C=O) groups excluding carboxylic acids is 1. The average molecular weight is 353 g/mol. The van der Waals surface area contributed by atoms with Crippen LogP contribution in [0.5, 0.6) is 0 Å². The zero-order chi connectivity index (χ0) is 16.3. The molecule has 9 heteroatoms. The molecule has 2 heterocycles. The third kappa shape index (κ3) is 3.92. The van der Waals surface area contributed by atoms with E-state index in [1.165, 1.54) is 12.1 Å². The van der Waals surface area contributed by atoms with E-state index < -0.39 is 15.9 Å². The fourth-order valence-corrected chi connectivity index (χ4v) is 4.57. The van der Waals surface area contributed by atoms with E-state index in [1.807, 2.05) is 0 Å². The molecule has 1 N–H and O–H groups in total. The number of hydrogen-bond donors (Lipinski definition) is 1. The minimum atomic E-state index is -3.47. The van der Waals surface area contributed by atoms with Crippen LogP contribution in [-0.4, -0.2) is 37.2 Å². The van der Waals surface area contributed by atoms with E-state index in [1.54, 1.807) is 18.2 Å². The van der Waals surface area contributed by atoms with Gasteiger partial charge in [-0.15, -0.1) is 10.2 Å². The Morgan fingerprint density at radius 2 is 2.09 bits per heavy atom. The maximum atomic E-state index is 12.3. The summed E-state index contributed by atoms with van der Waals surface area (Å²) in [5.41, 5.74) is 0. The van der Waals surface area contributed by atoms with Crippen molar-refractivity contribution in [1.29, 1.82) is 0 Å². The SMILES string of the molecule is O=C(Nc1nnc(CS(=O)(=O)c2ccccc2)s1)[C@@H]1CCCO1. The van der Waals surface area contributed by atoms with E-state index >= 15 is 0 Å². The maximum Gasteiger partial charge on any atom is 0.255 e.